The Labute approximate surface area is 107 Å². The van der Waals surface area contributed by atoms with Crippen LogP contribution in [0.15, 0.2) is 24.3 Å². The number of rotatable bonds is 4. The molecule has 2 rings (SSSR count). The van der Waals surface area contributed by atoms with E-state index in [0.717, 1.165) is 5.88 Å². The Kier molecular flexibility index (Phi) is 4.38. The van der Waals surface area contributed by atoms with E-state index in [2.05, 4.69) is 15.4 Å². The van der Waals surface area contributed by atoms with Gasteiger partial charge in [0, 0.05) is 23.4 Å². The fourth-order valence-corrected chi connectivity index (χ4v) is 2.48. The average molecular weight is 274 g/mol. The van der Waals surface area contributed by atoms with Gasteiger partial charge in [0.2, 0.25) is 5.91 Å². The van der Waals surface area contributed by atoms with E-state index in [1.807, 2.05) is 0 Å². The molecule has 1 unspecified atom stereocenters. The maximum absolute atomic E-state index is 12.0. The second-order valence-corrected chi connectivity index (χ2v) is 4.70. The molecule has 1 heterocycles. The molecule has 98 valence electrons. The fraction of sp³-hybridized carbons (Fsp3) is 0.364. The number of carbonyl (C=O) groups is 1. The smallest absolute Gasteiger partial charge is 0.387 e. The second kappa shape index (κ2) is 6.01. The van der Waals surface area contributed by atoms with Crippen molar-refractivity contribution in [1.29, 1.82) is 0 Å². The first-order valence-corrected chi connectivity index (χ1v) is 6.47. The number of hydrogen-bond acceptors (Lipinski definition) is 4. The first-order chi connectivity index (χ1) is 8.65. The molecule has 4 nitrogen and oxygen atoms in total. The minimum atomic E-state index is -2.87. The molecule has 0 spiro atoms. The van der Waals surface area contributed by atoms with Gasteiger partial charge in [0.25, 0.3) is 0 Å². The molecule has 1 saturated heterocycles. The van der Waals surface area contributed by atoms with E-state index in [4.69, 9.17) is 0 Å². The fourth-order valence-electron chi connectivity index (χ4n) is 1.54. The van der Waals surface area contributed by atoms with Gasteiger partial charge >= 0.3 is 6.61 Å². The van der Waals surface area contributed by atoms with Gasteiger partial charge in [0.15, 0.2) is 0 Å². The zero-order valence-corrected chi connectivity index (χ0v) is 10.2. The van der Waals surface area contributed by atoms with E-state index in [1.54, 1.807) is 23.9 Å². The third kappa shape index (κ3) is 3.58. The summed E-state index contributed by atoms with van der Waals surface area (Å²) in [6, 6.07) is 5.70. The van der Waals surface area contributed by atoms with Gasteiger partial charge in [-0.25, -0.2) is 0 Å². The van der Waals surface area contributed by atoms with Crippen molar-refractivity contribution in [3.05, 3.63) is 24.3 Å². The molecule has 0 aromatic heterocycles. The highest BCUT2D eigenvalue weighted by molar-refractivity contribution is 7.99. The van der Waals surface area contributed by atoms with E-state index in [0.29, 0.717) is 11.4 Å². The predicted octanol–water partition coefficient (Wildman–Crippen LogP) is 1.89. The number of ether oxygens (including phenoxy) is 1. The van der Waals surface area contributed by atoms with E-state index in [9.17, 15) is 13.6 Å². The van der Waals surface area contributed by atoms with Gasteiger partial charge in [-0.05, 0) is 12.1 Å². The zero-order chi connectivity index (χ0) is 13.0. The van der Waals surface area contributed by atoms with Gasteiger partial charge in [-0.2, -0.15) is 8.78 Å². The Bertz CT molecular complexity index is 425. The highest BCUT2D eigenvalue weighted by Crippen LogP contribution is 2.20. The van der Waals surface area contributed by atoms with Gasteiger partial charge < -0.3 is 10.1 Å². The Morgan fingerprint density at radius 1 is 1.56 bits per heavy atom. The maximum Gasteiger partial charge on any atom is 0.387 e. The number of hydrogen-bond donors (Lipinski definition) is 2. The Morgan fingerprint density at radius 2 is 2.39 bits per heavy atom. The van der Waals surface area contributed by atoms with Gasteiger partial charge in [0.1, 0.15) is 5.75 Å². The molecule has 2 N–H and O–H groups in total. The Balaban J connectivity index is 1.97. The molecular formula is C11H12F2N2O2S. The monoisotopic (exact) mass is 274 g/mol. The molecule has 1 amide bonds. The third-order valence-corrected chi connectivity index (χ3v) is 3.30. The minimum Gasteiger partial charge on any atom is -0.435 e. The van der Waals surface area contributed by atoms with Crippen LogP contribution in [0.5, 0.6) is 5.75 Å². The number of alkyl halides is 2. The standard InChI is InChI=1S/C11H12F2N2O2S/c12-11(13)17-8-3-1-2-7(4-8)15-10(16)9-5-18-6-14-9/h1-4,9,11,14H,5-6H2,(H,15,16). The number of carbonyl (C=O) groups excluding carboxylic acids is 1. The summed E-state index contributed by atoms with van der Waals surface area (Å²) in [5, 5.41) is 5.68. The van der Waals surface area contributed by atoms with Gasteiger partial charge in [0.05, 0.1) is 6.04 Å². The summed E-state index contributed by atoms with van der Waals surface area (Å²) in [5.74, 6) is 1.30. The molecular weight excluding hydrogens is 262 g/mol. The van der Waals surface area contributed by atoms with E-state index < -0.39 is 6.61 Å². The summed E-state index contributed by atoms with van der Waals surface area (Å²) in [7, 11) is 0. The summed E-state index contributed by atoms with van der Waals surface area (Å²) in [4.78, 5) is 11.8. The van der Waals surface area contributed by atoms with Crippen LogP contribution in [0.25, 0.3) is 0 Å². The van der Waals surface area contributed by atoms with Crippen molar-refractivity contribution in [2.45, 2.75) is 12.7 Å². The Hall–Kier alpha value is -1.34. The second-order valence-electron chi connectivity index (χ2n) is 3.67. The van der Waals surface area contributed by atoms with E-state index in [-0.39, 0.29) is 17.7 Å². The molecule has 0 radical (unpaired) electrons. The summed E-state index contributed by atoms with van der Waals surface area (Å²) in [6.07, 6.45) is 0. The van der Waals surface area contributed by atoms with Crippen molar-refractivity contribution >= 4 is 23.4 Å². The maximum atomic E-state index is 12.0. The number of thioether (sulfide) groups is 1. The molecule has 1 aromatic carbocycles. The Morgan fingerprint density at radius 3 is 3.06 bits per heavy atom. The quantitative estimate of drug-likeness (QED) is 0.880. The molecule has 0 saturated carbocycles. The van der Waals surface area contributed by atoms with Crippen LogP contribution in [0.3, 0.4) is 0 Å². The molecule has 7 heteroatoms. The minimum absolute atomic E-state index is 0.0246. The van der Waals surface area contributed by atoms with Gasteiger partial charge in [-0.15, -0.1) is 11.8 Å². The lowest BCUT2D eigenvalue weighted by atomic mass is 10.2. The van der Waals surface area contributed by atoms with Crippen LogP contribution in [0.1, 0.15) is 0 Å². The summed E-state index contributed by atoms with van der Waals surface area (Å²) < 4.78 is 28.3. The topological polar surface area (TPSA) is 50.4 Å². The van der Waals surface area contributed by atoms with Gasteiger partial charge in [-0.1, -0.05) is 6.07 Å². The van der Waals surface area contributed by atoms with Crippen LogP contribution in [0.4, 0.5) is 14.5 Å². The molecule has 1 aliphatic heterocycles. The highest BCUT2D eigenvalue weighted by atomic mass is 32.2. The van der Waals surface area contributed by atoms with Crippen molar-refractivity contribution in [2.75, 3.05) is 16.9 Å². The molecule has 1 fully saturated rings. The molecule has 0 bridgehead atoms. The third-order valence-electron chi connectivity index (χ3n) is 2.36. The van der Waals surface area contributed by atoms with Crippen molar-refractivity contribution in [3.63, 3.8) is 0 Å². The van der Waals surface area contributed by atoms with Crippen LogP contribution >= 0.6 is 11.8 Å². The average Bonchev–Trinajstić information content (AvgIpc) is 2.81. The molecule has 1 aliphatic rings. The number of benzene rings is 1. The summed E-state index contributed by atoms with van der Waals surface area (Å²) >= 11 is 1.64. The molecule has 18 heavy (non-hydrogen) atoms. The first kappa shape index (κ1) is 13.1. The summed E-state index contributed by atoms with van der Waals surface area (Å²) in [6.45, 7) is -2.87. The number of anilines is 1. The number of amides is 1. The largest absolute Gasteiger partial charge is 0.435 e. The van der Waals surface area contributed by atoms with Crippen molar-refractivity contribution in [1.82, 2.24) is 5.32 Å². The van der Waals surface area contributed by atoms with Crippen LogP contribution in [0.2, 0.25) is 0 Å². The van der Waals surface area contributed by atoms with Crippen molar-refractivity contribution in [3.8, 4) is 5.75 Å². The number of halogens is 2. The van der Waals surface area contributed by atoms with E-state index in [1.165, 1.54) is 12.1 Å². The lowest BCUT2D eigenvalue weighted by Crippen LogP contribution is -2.37. The summed E-state index contributed by atoms with van der Waals surface area (Å²) in [5.41, 5.74) is 0.442. The molecule has 1 atom stereocenters. The van der Waals surface area contributed by atoms with E-state index >= 15 is 0 Å². The zero-order valence-electron chi connectivity index (χ0n) is 9.36. The molecule has 1 aromatic rings. The van der Waals surface area contributed by atoms with Crippen molar-refractivity contribution < 1.29 is 18.3 Å². The SMILES string of the molecule is O=C(Nc1cccc(OC(F)F)c1)C1CSCN1. The predicted molar refractivity (Wildman–Crippen MR) is 66.0 cm³/mol. The lowest BCUT2D eigenvalue weighted by molar-refractivity contribution is -0.117. The van der Waals surface area contributed by atoms with Gasteiger partial charge in [-0.3, -0.25) is 10.1 Å². The highest BCUT2D eigenvalue weighted by Gasteiger charge is 2.22. The number of nitrogens with one attached hydrogen (secondary N) is 2. The van der Waals surface area contributed by atoms with Crippen LogP contribution in [0, 0.1) is 0 Å². The molecule has 0 aliphatic carbocycles. The van der Waals surface area contributed by atoms with Crippen LogP contribution in [-0.2, 0) is 4.79 Å². The normalized spacial score (nSPS) is 18.9. The lowest BCUT2D eigenvalue weighted by Gasteiger charge is -2.11. The first-order valence-electron chi connectivity index (χ1n) is 5.32. The van der Waals surface area contributed by atoms with Crippen LogP contribution < -0.4 is 15.4 Å². The van der Waals surface area contributed by atoms with Crippen LogP contribution in [-0.4, -0.2) is 30.2 Å². The van der Waals surface area contributed by atoms with Crippen molar-refractivity contribution in [2.24, 2.45) is 0 Å².